The molecule has 0 radical (unpaired) electrons. The summed E-state index contributed by atoms with van der Waals surface area (Å²) < 4.78 is 4.50. The summed E-state index contributed by atoms with van der Waals surface area (Å²) in [5.74, 6) is 4.07. The van der Waals surface area contributed by atoms with E-state index in [1.807, 2.05) is 19.0 Å². The van der Waals surface area contributed by atoms with E-state index in [-0.39, 0.29) is 12.4 Å². The molecule has 2 aliphatic rings. The van der Waals surface area contributed by atoms with Gasteiger partial charge >= 0.3 is 0 Å². The molecule has 0 bridgehead atoms. The Morgan fingerprint density at radius 3 is 2.59 bits per heavy atom. The monoisotopic (exact) mass is 411 g/mol. The third-order valence-corrected chi connectivity index (χ3v) is 6.51. The normalized spacial score (nSPS) is 21.8. The van der Waals surface area contributed by atoms with Crippen LogP contribution in [-0.2, 0) is 6.54 Å². The molecule has 2 aromatic rings. The lowest BCUT2D eigenvalue weighted by Gasteiger charge is -2.30. The number of H-pyrrole nitrogens is 1. The number of halogens is 1. The minimum Gasteiger partial charge on any atom is -0.353 e. The fourth-order valence-corrected chi connectivity index (χ4v) is 4.72. The number of piperidine rings is 1. The second-order valence-corrected chi connectivity index (χ2v) is 8.61. The van der Waals surface area contributed by atoms with Crippen LogP contribution >= 0.6 is 23.9 Å². The van der Waals surface area contributed by atoms with Crippen molar-refractivity contribution in [2.24, 2.45) is 0 Å². The third-order valence-electron chi connectivity index (χ3n) is 5.59. The Morgan fingerprint density at radius 2 is 1.85 bits per heavy atom. The van der Waals surface area contributed by atoms with Gasteiger partial charge in [0.05, 0.1) is 6.54 Å². The summed E-state index contributed by atoms with van der Waals surface area (Å²) in [4.78, 5) is 14.0. The lowest BCUT2D eigenvalue weighted by Crippen LogP contribution is -2.34. The Morgan fingerprint density at radius 1 is 1.07 bits per heavy atom. The van der Waals surface area contributed by atoms with E-state index in [1.165, 1.54) is 56.5 Å². The number of nitrogens with zero attached hydrogens (tertiary/aromatic N) is 6. The Balaban J connectivity index is 0.00000210. The first kappa shape index (κ1) is 20.5. The minimum atomic E-state index is 0. The summed E-state index contributed by atoms with van der Waals surface area (Å²) in [5, 5.41) is 8.80. The van der Waals surface area contributed by atoms with Crippen LogP contribution in [0.4, 0.5) is 5.13 Å². The van der Waals surface area contributed by atoms with Crippen LogP contribution in [0.2, 0.25) is 0 Å². The molecule has 0 amide bonds. The summed E-state index contributed by atoms with van der Waals surface area (Å²) >= 11 is 1.47. The second kappa shape index (κ2) is 9.30. The van der Waals surface area contributed by atoms with Gasteiger partial charge in [-0.05, 0) is 32.2 Å². The molecule has 1 saturated carbocycles. The Kier molecular flexibility index (Phi) is 7.05. The number of nitrogens with one attached hydrogen (secondary N) is 1. The van der Waals surface area contributed by atoms with Gasteiger partial charge in [0.2, 0.25) is 5.13 Å². The number of aromatic nitrogens is 5. The Hall–Kier alpha value is -1.25. The summed E-state index contributed by atoms with van der Waals surface area (Å²) in [6.45, 7) is 2.92. The molecule has 1 N–H and O–H groups in total. The van der Waals surface area contributed by atoms with Gasteiger partial charge in [0, 0.05) is 44.0 Å². The van der Waals surface area contributed by atoms with Crippen molar-refractivity contribution in [3.63, 3.8) is 0 Å². The molecule has 1 aliphatic heterocycles. The summed E-state index contributed by atoms with van der Waals surface area (Å²) in [6.07, 6.45) is 8.90. The summed E-state index contributed by atoms with van der Waals surface area (Å²) in [5.41, 5.74) is 0. The highest BCUT2D eigenvalue weighted by Gasteiger charge is 2.27. The highest BCUT2D eigenvalue weighted by Crippen LogP contribution is 2.32. The predicted molar refractivity (Wildman–Crippen MR) is 111 cm³/mol. The summed E-state index contributed by atoms with van der Waals surface area (Å²) in [6, 6.07) is 0. The van der Waals surface area contributed by atoms with Crippen LogP contribution in [0.3, 0.4) is 0 Å². The van der Waals surface area contributed by atoms with Gasteiger partial charge in [-0.3, -0.25) is 10.00 Å². The molecule has 2 fully saturated rings. The van der Waals surface area contributed by atoms with Crippen LogP contribution in [0, 0.1) is 0 Å². The van der Waals surface area contributed by atoms with Crippen molar-refractivity contribution in [3.8, 4) is 0 Å². The number of aromatic amines is 1. The number of rotatable bonds is 5. The molecule has 27 heavy (non-hydrogen) atoms. The minimum absolute atomic E-state index is 0. The van der Waals surface area contributed by atoms with E-state index >= 15 is 0 Å². The average Bonchev–Trinajstić information content (AvgIpc) is 3.32. The van der Waals surface area contributed by atoms with Crippen molar-refractivity contribution in [1.29, 1.82) is 0 Å². The van der Waals surface area contributed by atoms with Gasteiger partial charge in [0.15, 0.2) is 11.6 Å². The van der Waals surface area contributed by atoms with Gasteiger partial charge in [-0.1, -0.05) is 19.3 Å². The predicted octanol–water partition coefficient (Wildman–Crippen LogP) is 3.57. The van der Waals surface area contributed by atoms with Gasteiger partial charge in [0.25, 0.3) is 0 Å². The zero-order chi connectivity index (χ0) is 17.9. The molecule has 150 valence electrons. The highest BCUT2D eigenvalue weighted by atomic mass is 35.5. The van der Waals surface area contributed by atoms with Gasteiger partial charge in [-0.2, -0.15) is 9.47 Å². The zero-order valence-electron chi connectivity index (χ0n) is 16.2. The molecule has 9 heteroatoms. The van der Waals surface area contributed by atoms with Crippen molar-refractivity contribution < 1.29 is 0 Å². The average molecular weight is 412 g/mol. The molecular weight excluding hydrogens is 382 g/mol. The van der Waals surface area contributed by atoms with E-state index < -0.39 is 0 Å². The van der Waals surface area contributed by atoms with Crippen LogP contribution in [0.5, 0.6) is 0 Å². The summed E-state index contributed by atoms with van der Waals surface area (Å²) in [7, 11) is 4.02. The van der Waals surface area contributed by atoms with Crippen LogP contribution < -0.4 is 4.90 Å². The first-order valence-electron chi connectivity index (χ1n) is 9.83. The smallest absolute Gasteiger partial charge is 0.204 e. The number of hydrogen-bond acceptors (Lipinski definition) is 7. The largest absolute Gasteiger partial charge is 0.353 e. The van der Waals surface area contributed by atoms with Crippen molar-refractivity contribution in [1.82, 2.24) is 29.4 Å². The fraction of sp³-hybridized carbons (Fsp3) is 0.778. The molecule has 1 unspecified atom stereocenters. The highest BCUT2D eigenvalue weighted by molar-refractivity contribution is 7.09. The maximum absolute atomic E-state index is 4.90. The SMILES string of the molecule is CN(C)c1nc(CN2CCCC(c3n[nH]c(C4CCCCC4)n3)C2)ns1.Cl. The first-order chi connectivity index (χ1) is 12.7. The first-order valence-corrected chi connectivity index (χ1v) is 10.6. The van der Waals surface area contributed by atoms with Gasteiger partial charge < -0.3 is 4.90 Å². The topological polar surface area (TPSA) is 73.8 Å². The van der Waals surface area contributed by atoms with Crippen LogP contribution in [0.1, 0.15) is 74.3 Å². The van der Waals surface area contributed by atoms with Crippen LogP contribution in [-0.4, -0.2) is 56.6 Å². The van der Waals surface area contributed by atoms with Crippen LogP contribution in [0.25, 0.3) is 0 Å². The fourth-order valence-electron chi connectivity index (χ4n) is 4.13. The van der Waals surface area contributed by atoms with Crippen molar-refractivity contribution in [2.45, 2.75) is 63.3 Å². The number of anilines is 1. The van der Waals surface area contributed by atoms with Gasteiger partial charge in [-0.15, -0.1) is 12.4 Å². The molecule has 3 heterocycles. The zero-order valence-corrected chi connectivity index (χ0v) is 17.9. The molecule has 4 rings (SSSR count). The van der Waals surface area contributed by atoms with E-state index in [4.69, 9.17) is 4.98 Å². The van der Waals surface area contributed by atoms with E-state index in [2.05, 4.69) is 24.5 Å². The lowest BCUT2D eigenvalue weighted by atomic mass is 9.89. The van der Waals surface area contributed by atoms with Gasteiger partial charge in [0.1, 0.15) is 5.82 Å². The molecule has 2 aromatic heterocycles. The van der Waals surface area contributed by atoms with Crippen molar-refractivity contribution in [2.75, 3.05) is 32.1 Å². The molecule has 1 aliphatic carbocycles. The van der Waals surface area contributed by atoms with E-state index in [9.17, 15) is 0 Å². The van der Waals surface area contributed by atoms with Crippen LogP contribution in [0.15, 0.2) is 0 Å². The van der Waals surface area contributed by atoms with E-state index in [0.29, 0.717) is 11.8 Å². The van der Waals surface area contributed by atoms with E-state index in [0.717, 1.165) is 42.2 Å². The van der Waals surface area contributed by atoms with E-state index in [1.54, 1.807) is 0 Å². The molecule has 7 nitrogen and oxygen atoms in total. The Labute approximate surface area is 171 Å². The molecule has 1 atom stereocenters. The second-order valence-electron chi connectivity index (χ2n) is 7.88. The maximum Gasteiger partial charge on any atom is 0.204 e. The quantitative estimate of drug-likeness (QED) is 0.810. The Bertz CT molecular complexity index is 710. The van der Waals surface area contributed by atoms with Crippen molar-refractivity contribution >= 4 is 29.1 Å². The molecule has 0 spiro atoms. The number of hydrogen-bond donors (Lipinski definition) is 1. The number of likely N-dealkylation sites (tertiary alicyclic amines) is 1. The lowest BCUT2D eigenvalue weighted by molar-refractivity contribution is 0.193. The standard InChI is InChI=1S/C18H29N7S.ClH/c1-24(2)18-19-15(23-26-18)12-25-10-6-9-14(11-25)17-20-16(21-22-17)13-7-4-3-5-8-13;/h13-14H,3-12H2,1-2H3,(H,20,21,22);1H. The molecular formula is C18H30ClN7S. The maximum atomic E-state index is 4.90. The molecule has 0 aromatic carbocycles. The van der Waals surface area contributed by atoms with Crippen molar-refractivity contribution in [3.05, 3.63) is 17.5 Å². The van der Waals surface area contributed by atoms with Gasteiger partial charge in [-0.25, -0.2) is 9.97 Å². The molecule has 1 saturated heterocycles. The third kappa shape index (κ3) is 4.97.